The normalized spacial score (nSPS) is 20.5. The van der Waals surface area contributed by atoms with Gasteiger partial charge in [0.25, 0.3) is 5.91 Å². The number of alkyl halides is 3. The summed E-state index contributed by atoms with van der Waals surface area (Å²) in [4.78, 5) is 28.5. The predicted molar refractivity (Wildman–Crippen MR) is 120 cm³/mol. The SMILES string of the molecule is Cc1ccc(NC(=O)CCN2CC3CN(C(=O)c4c(F)cccc4C(F)(F)F)CC3C2)cc1Cl. The molecule has 0 bridgehead atoms. The van der Waals surface area contributed by atoms with E-state index < -0.39 is 29.0 Å². The summed E-state index contributed by atoms with van der Waals surface area (Å²) < 4.78 is 54.1. The topological polar surface area (TPSA) is 52.7 Å². The highest BCUT2D eigenvalue weighted by Crippen LogP contribution is 2.36. The van der Waals surface area contributed by atoms with E-state index in [-0.39, 0.29) is 37.3 Å². The quantitative estimate of drug-likeness (QED) is 0.602. The molecule has 182 valence electrons. The van der Waals surface area contributed by atoms with Crippen LogP contribution in [0.5, 0.6) is 0 Å². The molecule has 2 unspecified atom stereocenters. The molecule has 4 rings (SSSR count). The monoisotopic (exact) mass is 497 g/mol. The highest BCUT2D eigenvalue weighted by Gasteiger charge is 2.44. The van der Waals surface area contributed by atoms with Gasteiger partial charge in [0.1, 0.15) is 5.82 Å². The molecule has 0 aromatic heterocycles. The lowest BCUT2D eigenvalue weighted by Crippen LogP contribution is -2.35. The van der Waals surface area contributed by atoms with E-state index >= 15 is 0 Å². The predicted octanol–water partition coefficient (Wildman–Crippen LogP) is 4.84. The fourth-order valence-electron chi connectivity index (χ4n) is 4.73. The van der Waals surface area contributed by atoms with E-state index in [9.17, 15) is 27.2 Å². The number of hydrogen-bond acceptors (Lipinski definition) is 3. The lowest BCUT2D eigenvalue weighted by Gasteiger charge is -2.23. The number of nitrogens with zero attached hydrogens (tertiary/aromatic N) is 2. The number of benzene rings is 2. The van der Waals surface area contributed by atoms with Gasteiger partial charge in [-0.2, -0.15) is 13.2 Å². The van der Waals surface area contributed by atoms with Crippen molar-refractivity contribution in [3.05, 3.63) is 63.9 Å². The van der Waals surface area contributed by atoms with Crippen LogP contribution in [-0.2, 0) is 11.0 Å². The van der Waals surface area contributed by atoms with Crippen molar-refractivity contribution in [2.24, 2.45) is 11.8 Å². The Morgan fingerprint density at radius 3 is 2.38 bits per heavy atom. The zero-order valence-corrected chi connectivity index (χ0v) is 19.2. The first-order chi connectivity index (χ1) is 16.0. The number of carbonyl (C=O) groups is 2. The minimum atomic E-state index is -4.82. The molecule has 0 spiro atoms. The fourth-order valence-corrected chi connectivity index (χ4v) is 4.91. The second-order valence-electron chi connectivity index (χ2n) is 8.91. The Labute approximate surface area is 199 Å². The van der Waals surface area contributed by atoms with Crippen LogP contribution in [0.3, 0.4) is 0 Å². The van der Waals surface area contributed by atoms with Gasteiger partial charge >= 0.3 is 6.18 Å². The minimum absolute atomic E-state index is 0.0732. The molecule has 2 fully saturated rings. The number of nitrogens with one attached hydrogen (secondary N) is 1. The Morgan fingerprint density at radius 1 is 1.09 bits per heavy atom. The van der Waals surface area contributed by atoms with E-state index in [4.69, 9.17) is 11.6 Å². The van der Waals surface area contributed by atoms with Crippen molar-refractivity contribution in [2.45, 2.75) is 19.5 Å². The van der Waals surface area contributed by atoms with Crippen LogP contribution in [0, 0.1) is 24.6 Å². The summed E-state index contributed by atoms with van der Waals surface area (Å²) >= 11 is 6.08. The van der Waals surface area contributed by atoms with Crippen LogP contribution in [0.4, 0.5) is 23.2 Å². The van der Waals surface area contributed by atoms with Gasteiger partial charge < -0.3 is 15.1 Å². The van der Waals surface area contributed by atoms with Gasteiger partial charge in [0.2, 0.25) is 5.91 Å². The number of fused-ring (bicyclic) bond motifs is 1. The van der Waals surface area contributed by atoms with Gasteiger partial charge in [-0.25, -0.2) is 4.39 Å². The Bertz CT molecular complexity index is 1090. The minimum Gasteiger partial charge on any atom is -0.338 e. The number of anilines is 1. The van der Waals surface area contributed by atoms with Crippen LogP contribution in [0.25, 0.3) is 0 Å². The molecule has 2 saturated heterocycles. The first kappa shape index (κ1) is 24.5. The molecular formula is C24H24ClF4N3O2. The van der Waals surface area contributed by atoms with Gasteiger partial charge in [0, 0.05) is 49.9 Å². The van der Waals surface area contributed by atoms with Crippen LogP contribution < -0.4 is 5.32 Å². The molecule has 2 amide bonds. The third-order valence-corrected chi connectivity index (χ3v) is 6.90. The molecule has 34 heavy (non-hydrogen) atoms. The average molecular weight is 498 g/mol. The van der Waals surface area contributed by atoms with Crippen LogP contribution in [0.15, 0.2) is 36.4 Å². The van der Waals surface area contributed by atoms with Crippen molar-refractivity contribution in [3.8, 4) is 0 Å². The Kier molecular flexibility index (Phi) is 6.87. The summed E-state index contributed by atoms with van der Waals surface area (Å²) in [7, 11) is 0. The van der Waals surface area contributed by atoms with Crippen LogP contribution in [0.2, 0.25) is 5.02 Å². The van der Waals surface area contributed by atoms with Crippen LogP contribution in [0.1, 0.15) is 27.9 Å². The standard InChI is InChI=1S/C24H24ClF4N3O2/c1-14-5-6-17(9-19(14)25)30-21(33)7-8-31-10-15-12-32(13-16(15)11-31)23(34)22-18(24(27,28)29)3-2-4-20(22)26/h2-6,9,15-16H,7-8,10-13H2,1H3,(H,30,33). The highest BCUT2D eigenvalue weighted by atomic mass is 35.5. The van der Waals surface area contributed by atoms with Gasteiger partial charge in [-0.1, -0.05) is 23.7 Å². The molecule has 10 heteroatoms. The third-order valence-electron chi connectivity index (χ3n) is 6.49. The van der Waals surface area contributed by atoms with E-state index in [2.05, 4.69) is 10.2 Å². The zero-order valence-electron chi connectivity index (χ0n) is 18.5. The van der Waals surface area contributed by atoms with E-state index in [1.807, 2.05) is 13.0 Å². The van der Waals surface area contributed by atoms with Crippen LogP contribution in [-0.4, -0.2) is 54.3 Å². The van der Waals surface area contributed by atoms with E-state index in [0.29, 0.717) is 30.3 Å². The second-order valence-corrected chi connectivity index (χ2v) is 9.32. The first-order valence-corrected chi connectivity index (χ1v) is 11.3. The van der Waals surface area contributed by atoms with Crippen molar-refractivity contribution in [2.75, 3.05) is 38.0 Å². The molecule has 2 aromatic rings. The number of halogens is 5. The summed E-state index contributed by atoms with van der Waals surface area (Å²) in [6, 6.07) is 7.85. The number of rotatable bonds is 5. The van der Waals surface area contributed by atoms with Crippen molar-refractivity contribution >= 4 is 29.1 Å². The Morgan fingerprint density at radius 2 is 1.76 bits per heavy atom. The van der Waals surface area contributed by atoms with Gasteiger partial charge in [0.15, 0.2) is 0 Å². The Hall–Kier alpha value is -2.65. The molecule has 5 nitrogen and oxygen atoms in total. The largest absolute Gasteiger partial charge is 0.417 e. The molecule has 0 saturated carbocycles. The number of carbonyl (C=O) groups excluding carboxylic acids is 2. The van der Waals surface area contributed by atoms with Gasteiger partial charge in [-0.05, 0) is 48.6 Å². The van der Waals surface area contributed by atoms with E-state index in [1.54, 1.807) is 12.1 Å². The molecular weight excluding hydrogens is 474 g/mol. The average Bonchev–Trinajstić information content (AvgIpc) is 3.32. The summed E-state index contributed by atoms with van der Waals surface area (Å²) in [5, 5.41) is 3.39. The van der Waals surface area contributed by atoms with E-state index in [0.717, 1.165) is 23.8 Å². The highest BCUT2D eigenvalue weighted by molar-refractivity contribution is 6.31. The lowest BCUT2D eigenvalue weighted by molar-refractivity contribution is -0.138. The maximum Gasteiger partial charge on any atom is 0.417 e. The summed E-state index contributed by atoms with van der Waals surface area (Å²) in [6.07, 6.45) is -4.54. The molecule has 2 aliphatic heterocycles. The molecule has 1 N–H and O–H groups in total. The zero-order chi connectivity index (χ0) is 24.6. The van der Waals surface area contributed by atoms with Gasteiger partial charge in [-0.3, -0.25) is 9.59 Å². The van der Waals surface area contributed by atoms with Crippen molar-refractivity contribution in [3.63, 3.8) is 0 Å². The maximum atomic E-state index is 14.2. The molecule has 2 aliphatic rings. The smallest absolute Gasteiger partial charge is 0.338 e. The molecule has 0 aliphatic carbocycles. The fraction of sp³-hybridized carbons (Fsp3) is 0.417. The van der Waals surface area contributed by atoms with Gasteiger partial charge in [0.05, 0.1) is 11.1 Å². The number of aryl methyl sites for hydroxylation is 1. The first-order valence-electron chi connectivity index (χ1n) is 11.0. The third kappa shape index (κ3) is 5.20. The molecule has 2 aromatic carbocycles. The van der Waals surface area contributed by atoms with Crippen LogP contribution >= 0.6 is 11.6 Å². The summed E-state index contributed by atoms with van der Waals surface area (Å²) in [5.41, 5.74) is -0.628. The molecule has 0 radical (unpaired) electrons. The van der Waals surface area contributed by atoms with Crippen molar-refractivity contribution in [1.29, 1.82) is 0 Å². The Balaban J connectivity index is 1.30. The van der Waals surface area contributed by atoms with Crippen molar-refractivity contribution < 1.29 is 27.2 Å². The lowest BCUT2D eigenvalue weighted by atomic mass is 10.0. The van der Waals surface area contributed by atoms with Gasteiger partial charge in [-0.15, -0.1) is 0 Å². The summed E-state index contributed by atoms with van der Waals surface area (Å²) in [5.74, 6) is -2.09. The maximum absolute atomic E-state index is 14.2. The second kappa shape index (κ2) is 9.54. The van der Waals surface area contributed by atoms with Crippen molar-refractivity contribution in [1.82, 2.24) is 9.80 Å². The number of hydrogen-bond donors (Lipinski definition) is 1. The molecule has 2 heterocycles. The summed E-state index contributed by atoms with van der Waals surface area (Å²) in [6.45, 7) is 4.18. The number of amides is 2. The molecule has 2 atom stereocenters. The van der Waals surface area contributed by atoms with E-state index in [1.165, 1.54) is 4.90 Å². The number of likely N-dealkylation sites (tertiary alicyclic amines) is 2.